The van der Waals surface area contributed by atoms with E-state index in [1.165, 1.54) is 0 Å². The number of aliphatic hydroxyl groups is 2. The maximum Gasteiger partial charge on any atom is 0.128 e. The topological polar surface area (TPSA) is 68.2 Å². The molecule has 0 radical (unpaired) electrons. The zero-order valence-electron chi connectivity index (χ0n) is 13.0. The van der Waals surface area contributed by atoms with Crippen LogP contribution in [0.1, 0.15) is 38.4 Å². The van der Waals surface area contributed by atoms with Crippen LogP contribution in [0.15, 0.2) is 18.2 Å². The van der Waals surface area contributed by atoms with Gasteiger partial charge in [-0.05, 0) is 25.5 Å². The highest BCUT2D eigenvalue weighted by Gasteiger charge is 2.13. The Balaban J connectivity index is 2.52. The highest BCUT2D eigenvalue weighted by Crippen LogP contribution is 2.29. The van der Waals surface area contributed by atoms with Crippen molar-refractivity contribution in [2.45, 2.75) is 38.9 Å². The molecule has 0 fully saturated rings. The molecule has 0 aliphatic rings. The summed E-state index contributed by atoms with van der Waals surface area (Å²) in [5.74, 6) is 1.15. The van der Waals surface area contributed by atoms with Crippen LogP contribution < -0.4 is 9.47 Å². The average molecular weight is 298 g/mol. The summed E-state index contributed by atoms with van der Waals surface area (Å²) in [4.78, 5) is 0. The van der Waals surface area contributed by atoms with Gasteiger partial charge < -0.3 is 24.4 Å². The van der Waals surface area contributed by atoms with Gasteiger partial charge in [-0.2, -0.15) is 0 Å². The van der Waals surface area contributed by atoms with E-state index < -0.39 is 12.2 Å². The van der Waals surface area contributed by atoms with Gasteiger partial charge in [0.1, 0.15) is 24.2 Å². The lowest BCUT2D eigenvalue weighted by Crippen LogP contribution is -2.24. The van der Waals surface area contributed by atoms with E-state index in [9.17, 15) is 10.2 Å². The molecule has 5 heteroatoms. The molecule has 2 N–H and O–H groups in total. The van der Waals surface area contributed by atoms with Gasteiger partial charge in [0.2, 0.25) is 0 Å². The van der Waals surface area contributed by atoms with Crippen molar-refractivity contribution in [2.24, 2.45) is 0 Å². The standard InChI is InChI=1S/C16H26O5/c1-4-5-8-20-10-13(18)11-21-16-9-14(19-3)6-7-15(16)12(2)17/h6-7,9,12-13,17-18H,4-5,8,10-11H2,1-3H3/t12-,13?/m1/s1. The van der Waals surface area contributed by atoms with Crippen LogP contribution in [-0.2, 0) is 4.74 Å². The van der Waals surface area contributed by atoms with Crippen molar-refractivity contribution in [1.29, 1.82) is 0 Å². The molecular formula is C16H26O5. The van der Waals surface area contributed by atoms with E-state index >= 15 is 0 Å². The first-order valence-corrected chi connectivity index (χ1v) is 7.33. The van der Waals surface area contributed by atoms with Crippen LogP contribution >= 0.6 is 0 Å². The predicted octanol–water partition coefficient (Wildman–Crippen LogP) is 2.30. The molecule has 1 rings (SSSR count). The van der Waals surface area contributed by atoms with Crippen molar-refractivity contribution < 1.29 is 24.4 Å². The van der Waals surface area contributed by atoms with Crippen molar-refractivity contribution >= 4 is 0 Å². The number of methoxy groups -OCH3 is 1. The van der Waals surface area contributed by atoms with E-state index in [0.29, 0.717) is 23.7 Å². The van der Waals surface area contributed by atoms with Crippen LogP contribution in [0.3, 0.4) is 0 Å². The Morgan fingerprint density at radius 2 is 1.95 bits per heavy atom. The Kier molecular flexibility index (Phi) is 8.12. The van der Waals surface area contributed by atoms with E-state index in [1.807, 2.05) is 0 Å². The summed E-state index contributed by atoms with van der Waals surface area (Å²) in [7, 11) is 1.57. The fraction of sp³-hybridized carbons (Fsp3) is 0.625. The molecule has 0 aliphatic heterocycles. The lowest BCUT2D eigenvalue weighted by atomic mass is 10.1. The van der Waals surface area contributed by atoms with Crippen LogP contribution in [0.2, 0.25) is 0 Å². The van der Waals surface area contributed by atoms with Gasteiger partial charge in [-0.15, -0.1) is 0 Å². The Morgan fingerprint density at radius 3 is 2.57 bits per heavy atom. The van der Waals surface area contributed by atoms with Gasteiger partial charge in [0.25, 0.3) is 0 Å². The van der Waals surface area contributed by atoms with Crippen molar-refractivity contribution in [3.63, 3.8) is 0 Å². The molecule has 0 saturated carbocycles. The Hall–Kier alpha value is -1.30. The van der Waals surface area contributed by atoms with E-state index in [0.717, 1.165) is 12.8 Å². The summed E-state index contributed by atoms with van der Waals surface area (Å²) in [6.07, 6.45) is 0.697. The third kappa shape index (κ3) is 6.33. The minimum atomic E-state index is -0.699. The third-order valence-electron chi connectivity index (χ3n) is 3.05. The molecule has 2 atom stereocenters. The van der Waals surface area contributed by atoms with E-state index in [-0.39, 0.29) is 13.2 Å². The second-order valence-electron chi connectivity index (χ2n) is 4.97. The zero-order valence-corrected chi connectivity index (χ0v) is 13.0. The molecule has 0 amide bonds. The SMILES string of the molecule is CCCCOCC(O)COc1cc(OC)ccc1[C@@H](C)O. The van der Waals surface area contributed by atoms with E-state index in [4.69, 9.17) is 14.2 Å². The second kappa shape index (κ2) is 9.60. The minimum Gasteiger partial charge on any atom is -0.497 e. The van der Waals surface area contributed by atoms with Crippen molar-refractivity contribution in [3.8, 4) is 11.5 Å². The first kappa shape index (κ1) is 17.8. The molecule has 0 bridgehead atoms. The summed E-state index contributed by atoms with van der Waals surface area (Å²) >= 11 is 0. The van der Waals surface area contributed by atoms with Crippen molar-refractivity contribution in [2.75, 3.05) is 26.9 Å². The molecule has 0 spiro atoms. The van der Waals surface area contributed by atoms with Gasteiger partial charge in [-0.3, -0.25) is 0 Å². The van der Waals surface area contributed by atoms with Gasteiger partial charge in [0.15, 0.2) is 0 Å². The molecular weight excluding hydrogens is 272 g/mol. The maximum atomic E-state index is 9.82. The average Bonchev–Trinajstić information content (AvgIpc) is 2.49. The number of benzene rings is 1. The van der Waals surface area contributed by atoms with Crippen molar-refractivity contribution in [3.05, 3.63) is 23.8 Å². The number of aliphatic hydroxyl groups excluding tert-OH is 2. The fourth-order valence-electron chi connectivity index (χ4n) is 1.81. The van der Waals surface area contributed by atoms with Crippen LogP contribution in [-0.4, -0.2) is 43.2 Å². The minimum absolute atomic E-state index is 0.110. The molecule has 1 unspecified atom stereocenters. The molecule has 0 aromatic heterocycles. The highest BCUT2D eigenvalue weighted by molar-refractivity contribution is 5.41. The molecule has 1 aromatic rings. The largest absolute Gasteiger partial charge is 0.497 e. The summed E-state index contributed by atoms with van der Waals surface area (Å²) in [5, 5.41) is 19.5. The Bertz CT molecular complexity index is 406. The van der Waals surface area contributed by atoms with Crippen LogP contribution in [0.4, 0.5) is 0 Å². The van der Waals surface area contributed by atoms with Gasteiger partial charge in [-0.1, -0.05) is 13.3 Å². The summed E-state index contributed by atoms with van der Waals surface area (Å²) in [6.45, 7) is 4.75. The number of unbranched alkanes of at least 4 members (excludes halogenated alkanes) is 1. The zero-order chi connectivity index (χ0) is 15.7. The molecule has 0 heterocycles. The van der Waals surface area contributed by atoms with Crippen LogP contribution in [0, 0.1) is 0 Å². The monoisotopic (exact) mass is 298 g/mol. The van der Waals surface area contributed by atoms with Crippen molar-refractivity contribution in [1.82, 2.24) is 0 Å². The number of ether oxygens (including phenoxy) is 3. The fourth-order valence-corrected chi connectivity index (χ4v) is 1.81. The Labute approximate surface area is 126 Å². The van der Waals surface area contributed by atoms with Crippen LogP contribution in [0.5, 0.6) is 11.5 Å². The predicted molar refractivity (Wildman–Crippen MR) is 80.9 cm³/mol. The Morgan fingerprint density at radius 1 is 1.19 bits per heavy atom. The lowest BCUT2D eigenvalue weighted by molar-refractivity contribution is 0.0107. The summed E-state index contributed by atoms with van der Waals surface area (Å²) in [5.41, 5.74) is 0.662. The molecule has 0 aliphatic carbocycles. The van der Waals surface area contributed by atoms with E-state index in [2.05, 4.69) is 6.92 Å². The smallest absolute Gasteiger partial charge is 0.128 e. The van der Waals surface area contributed by atoms with Gasteiger partial charge >= 0.3 is 0 Å². The van der Waals surface area contributed by atoms with E-state index in [1.54, 1.807) is 32.2 Å². The van der Waals surface area contributed by atoms with Gasteiger partial charge in [0, 0.05) is 18.2 Å². The van der Waals surface area contributed by atoms with Gasteiger partial charge in [-0.25, -0.2) is 0 Å². The summed E-state index contributed by atoms with van der Waals surface area (Å²) in [6, 6.07) is 5.22. The molecule has 21 heavy (non-hydrogen) atoms. The van der Waals surface area contributed by atoms with Crippen LogP contribution in [0.25, 0.3) is 0 Å². The maximum absolute atomic E-state index is 9.82. The number of hydrogen-bond donors (Lipinski definition) is 2. The van der Waals surface area contributed by atoms with Gasteiger partial charge in [0.05, 0.1) is 19.8 Å². The highest BCUT2D eigenvalue weighted by atomic mass is 16.5. The lowest BCUT2D eigenvalue weighted by Gasteiger charge is -2.17. The molecule has 5 nitrogen and oxygen atoms in total. The first-order valence-electron chi connectivity index (χ1n) is 7.33. The molecule has 120 valence electrons. The second-order valence-corrected chi connectivity index (χ2v) is 4.97. The first-order chi connectivity index (χ1) is 10.1. The number of rotatable bonds is 10. The molecule has 0 saturated heterocycles. The third-order valence-corrected chi connectivity index (χ3v) is 3.05. The molecule has 1 aromatic carbocycles. The number of hydrogen-bond acceptors (Lipinski definition) is 5. The normalized spacial score (nSPS) is 13.8. The summed E-state index contributed by atoms with van der Waals surface area (Å²) < 4.78 is 16.1. The quantitative estimate of drug-likeness (QED) is 0.649.